The lowest BCUT2D eigenvalue weighted by Gasteiger charge is -2.14. The van der Waals surface area contributed by atoms with Crippen LogP contribution in [0.25, 0.3) is 0 Å². The van der Waals surface area contributed by atoms with Crippen LogP contribution in [0.5, 0.6) is 0 Å². The molecule has 12 nitrogen and oxygen atoms in total. The lowest BCUT2D eigenvalue weighted by molar-refractivity contribution is -0.658. The second-order valence-corrected chi connectivity index (χ2v) is 29.1. The second kappa shape index (κ2) is 81.1. The summed E-state index contributed by atoms with van der Waals surface area (Å²) in [6.07, 6.45) is 81.2. The minimum Gasteiger partial charge on any atom is -0.759 e. The SMILES string of the molecule is CCCCCCCCCCCCCCCCCC(=O)C(C[NH2+]CCO)C(=O)CCCCCCCCCCCCCCCCC.CCCCCCCCCCCCCCCCCC(=O)C(C[NH2+]CCO)C(=O)CCCCCCCCCCCCCCCCC.O=S(=O)([O-])[O-]. The Kier molecular flexibility index (Phi) is 83.3. The Morgan fingerprint density at radius 2 is 0.376 bits per heavy atom. The molecular weight excluding hydrogens is 1180 g/mol. The van der Waals surface area contributed by atoms with Crippen LogP contribution in [-0.4, -0.2) is 90.3 Å². The highest BCUT2D eigenvalue weighted by Gasteiger charge is 2.28. The average molecular weight is 1340 g/mol. The van der Waals surface area contributed by atoms with Gasteiger partial charge in [-0.3, -0.25) is 27.6 Å². The van der Waals surface area contributed by atoms with E-state index in [1.54, 1.807) is 0 Å². The van der Waals surface area contributed by atoms with Gasteiger partial charge in [-0.2, -0.15) is 0 Å². The number of hydrogen-bond acceptors (Lipinski definition) is 10. The molecule has 0 saturated carbocycles. The highest BCUT2D eigenvalue weighted by molar-refractivity contribution is 7.79. The van der Waals surface area contributed by atoms with Crippen molar-refractivity contribution in [2.75, 3.05) is 39.4 Å². The summed E-state index contributed by atoms with van der Waals surface area (Å²) in [5, 5.41) is 22.2. The minimum atomic E-state index is -5.17. The summed E-state index contributed by atoms with van der Waals surface area (Å²) >= 11 is 0. The van der Waals surface area contributed by atoms with E-state index in [0.29, 0.717) is 51.9 Å². The Hall–Kier alpha value is -1.61. The van der Waals surface area contributed by atoms with E-state index in [4.69, 9.17) is 27.7 Å². The first-order valence-corrected chi connectivity index (χ1v) is 42.3. The fraction of sp³-hybridized carbons (Fsp3) is 0.950. The molecule has 556 valence electrons. The number of aliphatic hydroxyl groups is 2. The van der Waals surface area contributed by atoms with E-state index >= 15 is 0 Å². The molecule has 0 aliphatic rings. The summed E-state index contributed by atoms with van der Waals surface area (Å²) in [5.41, 5.74) is 0. The van der Waals surface area contributed by atoms with E-state index in [2.05, 4.69) is 27.7 Å². The average Bonchev–Trinajstić information content (AvgIpc) is 2.44. The maximum Gasteiger partial charge on any atom is 0.149 e. The quantitative estimate of drug-likeness (QED) is 0.0195. The van der Waals surface area contributed by atoms with Gasteiger partial charge in [0.25, 0.3) is 0 Å². The number of ketones is 4. The predicted octanol–water partition coefficient (Wildman–Crippen LogP) is 20.3. The highest BCUT2D eigenvalue weighted by Crippen LogP contribution is 2.21. The van der Waals surface area contributed by atoms with Crippen molar-refractivity contribution in [2.45, 2.75) is 439 Å². The van der Waals surface area contributed by atoms with Crippen molar-refractivity contribution in [3.05, 3.63) is 0 Å². The molecule has 0 fully saturated rings. The number of quaternary nitrogens is 2. The summed E-state index contributed by atoms with van der Waals surface area (Å²) in [7, 11) is -5.17. The molecule has 0 aliphatic carbocycles. The maximum atomic E-state index is 13.0. The van der Waals surface area contributed by atoms with E-state index < -0.39 is 22.2 Å². The van der Waals surface area contributed by atoms with Gasteiger partial charge in [0.15, 0.2) is 0 Å². The third-order valence-electron chi connectivity index (χ3n) is 19.1. The normalized spacial score (nSPS) is 11.5. The smallest absolute Gasteiger partial charge is 0.149 e. The van der Waals surface area contributed by atoms with Crippen LogP contribution >= 0.6 is 0 Å². The third-order valence-corrected chi connectivity index (χ3v) is 19.1. The molecule has 0 aromatic rings. The molecule has 0 heterocycles. The van der Waals surface area contributed by atoms with E-state index in [9.17, 15) is 19.2 Å². The Labute approximate surface area is 578 Å². The molecule has 0 saturated heterocycles. The van der Waals surface area contributed by atoms with Crippen LogP contribution in [0, 0.1) is 11.8 Å². The van der Waals surface area contributed by atoms with Gasteiger partial charge in [0.05, 0.1) is 39.4 Å². The van der Waals surface area contributed by atoms with Crippen LogP contribution in [0.2, 0.25) is 0 Å². The van der Waals surface area contributed by atoms with Crippen LogP contribution in [0.15, 0.2) is 0 Å². The van der Waals surface area contributed by atoms with Gasteiger partial charge in [-0.15, -0.1) is 0 Å². The third kappa shape index (κ3) is 82.7. The Balaban J connectivity index is -0.00000162. The second-order valence-electron chi connectivity index (χ2n) is 28.3. The van der Waals surface area contributed by atoms with Crippen molar-refractivity contribution in [3.8, 4) is 0 Å². The van der Waals surface area contributed by atoms with Crippen molar-refractivity contribution in [1.29, 1.82) is 0 Å². The van der Waals surface area contributed by atoms with Crippen LogP contribution < -0.4 is 10.6 Å². The van der Waals surface area contributed by atoms with Gasteiger partial charge in [0.2, 0.25) is 0 Å². The molecule has 0 spiro atoms. The van der Waals surface area contributed by atoms with Gasteiger partial charge in [0.1, 0.15) is 35.0 Å². The van der Waals surface area contributed by atoms with Crippen LogP contribution in [-0.2, 0) is 29.6 Å². The zero-order valence-corrected chi connectivity index (χ0v) is 63.2. The van der Waals surface area contributed by atoms with Crippen molar-refractivity contribution in [1.82, 2.24) is 0 Å². The number of carbonyl (C=O) groups excluding carboxylic acids is 4. The van der Waals surface area contributed by atoms with E-state index in [-0.39, 0.29) is 36.3 Å². The zero-order valence-electron chi connectivity index (χ0n) is 62.4. The molecule has 6 N–H and O–H groups in total. The molecule has 0 rings (SSSR count). The van der Waals surface area contributed by atoms with Crippen LogP contribution in [0.3, 0.4) is 0 Å². The number of nitrogens with two attached hydrogens (primary N) is 2. The van der Waals surface area contributed by atoms with Crippen molar-refractivity contribution in [3.63, 3.8) is 0 Å². The molecule has 0 amide bonds. The van der Waals surface area contributed by atoms with Gasteiger partial charge in [0, 0.05) is 36.1 Å². The summed E-state index contributed by atoms with van der Waals surface area (Å²) in [6, 6.07) is 0. The van der Waals surface area contributed by atoms with Crippen LogP contribution in [0.4, 0.5) is 0 Å². The lowest BCUT2D eigenvalue weighted by atomic mass is 9.91. The van der Waals surface area contributed by atoms with Gasteiger partial charge < -0.3 is 30.0 Å². The lowest BCUT2D eigenvalue weighted by Crippen LogP contribution is -2.87. The first-order valence-electron chi connectivity index (χ1n) is 41.0. The number of Topliss-reactive ketones (excluding diaryl/α,β-unsaturated/α-hetero) is 4. The molecule has 0 bridgehead atoms. The van der Waals surface area contributed by atoms with E-state index in [1.807, 2.05) is 10.6 Å². The summed E-state index contributed by atoms with van der Waals surface area (Å²) in [4.78, 5) is 51.9. The fourth-order valence-corrected chi connectivity index (χ4v) is 13.0. The highest BCUT2D eigenvalue weighted by atomic mass is 32.3. The molecule has 0 aliphatic heterocycles. The number of aliphatic hydroxyl groups excluding tert-OH is 2. The van der Waals surface area contributed by atoms with Crippen molar-refractivity contribution in [2.24, 2.45) is 11.8 Å². The molecule has 93 heavy (non-hydrogen) atoms. The van der Waals surface area contributed by atoms with Gasteiger partial charge in [-0.1, -0.05) is 387 Å². The molecule has 0 aromatic heterocycles. The van der Waals surface area contributed by atoms with Crippen LogP contribution in [0.1, 0.15) is 439 Å². The summed E-state index contributed by atoms with van der Waals surface area (Å²) in [5.74, 6) is -0.390. The topological polar surface area (TPSA) is 222 Å². The van der Waals surface area contributed by atoms with Gasteiger partial charge in [-0.05, 0) is 25.7 Å². The number of rotatable bonds is 76. The molecular formula is C80H160N2O10S. The largest absolute Gasteiger partial charge is 0.759 e. The van der Waals surface area contributed by atoms with Crippen molar-refractivity contribution >= 4 is 33.5 Å². The van der Waals surface area contributed by atoms with Gasteiger partial charge >= 0.3 is 0 Å². The first-order chi connectivity index (χ1) is 45.3. The predicted molar refractivity (Wildman–Crippen MR) is 393 cm³/mol. The maximum absolute atomic E-state index is 13.0. The van der Waals surface area contributed by atoms with E-state index in [1.165, 1.54) is 334 Å². The fourth-order valence-electron chi connectivity index (χ4n) is 13.0. The number of unbranched alkanes of at least 4 members (excludes halogenated alkanes) is 56. The van der Waals surface area contributed by atoms with Gasteiger partial charge in [-0.25, -0.2) is 0 Å². The minimum absolute atomic E-state index is 0.0905. The Bertz CT molecular complexity index is 1430. The Morgan fingerprint density at radius 3 is 0.495 bits per heavy atom. The monoisotopic (exact) mass is 1340 g/mol. The molecule has 0 atom stereocenters. The molecule has 0 unspecified atom stereocenters. The first kappa shape index (κ1) is 95.6. The standard InChI is InChI=1S/2C40H79NO3.H2O4S/c2*1-3-5-7-9-11-13-15-17-19-21-23-25-27-29-31-33-39(43)38(37-41-35-36-42)40(44)34-32-30-28-26-24-22-20-18-16-14-12-10-8-6-4-2;1-5(2,3)4/h2*38,41-42H,3-37H2,1-2H3;(H2,1,2,3,4). The van der Waals surface area contributed by atoms with E-state index in [0.717, 1.165) is 51.4 Å². The summed E-state index contributed by atoms with van der Waals surface area (Å²) in [6.45, 7) is 11.4. The summed E-state index contributed by atoms with van der Waals surface area (Å²) < 4.78 is 34.1. The number of hydrogen-bond donors (Lipinski definition) is 4. The molecule has 13 heteroatoms. The zero-order chi connectivity index (χ0) is 68.9. The van der Waals surface area contributed by atoms with Crippen molar-refractivity contribution < 1.29 is 57.5 Å². The molecule has 0 aromatic carbocycles. The number of carbonyl (C=O) groups is 4. The Morgan fingerprint density at radius 1 is 0.258 bits per heavy atom. The molecule has 0 radical (unpaired) electrons.